The van der Waals surface area contributed by atoms with Crippen LogP contribution in [0.15, 0.2) is 18.2 Å². The Hall–Kier alpha value is -1.98. The number of aliphatic carboxylic acids is 1. The van der Waals surface area contributed by atoms with Gasteiger partial charge in [0.1, 0.15) is 11.6 Å². The number of rotatable bonds is 5. The summed E-state index contributed by atoms with van der Waals surface area (Å²) >= 11 is 0. The molecule has 1 fully saturated rings. The number of carbonyl (C=O) groups is 2. The molecule has 0 radical (unpaired) electrons. The van der Waals surface area contributed by atoms with Gasteiger partial charge in [0.15, 0.2) is 0 Å². The number of amides is 1. The van der Waals surface area contributed by atoms with Gasteiger partial charge in [-0.05, 0) is 25.0 Å². The molecule has 0 saturated heterocycles. The average molecular weight is 269 g/mol. The van der Waals surface area contributed by atoms with Crippen molar-refractivity contribution >= 4 is 11.9 Å². The third-order valence-electron chi connectivity index (χ3n) is 3.18. The van der Waals surface area contributed by atoms with Crippen molar-refractivity contribution in [3.05, 3.63) is 35.4 Å². The number of benzene rings is 1. The van der Waals surface area contributed by atoms with Gasteiger partial charge in [-0.2, -0.15) is 0 Å². The lowest BCUT2D eigenvalue weighted by Gasteiger charge is -2.06. The lowest BCUT2D eigenvalue weighted by Crippen LogP contribution is -2.28. The summed E-state index contributed by atoms with van der Waals surface area (Å²) in [5.74, 6) is -3.79. The highest BCUT2D eigenvalue weighted by Gasteiger charge is 2.48. The van der Waals surface area contributed by atoms with Gasteiger partial charge in [-0.15, -0.1) is 0 Å². The Morgan fingerprint density at radius 2 is 1.89 bits per heavy atom. The first kappa shape index (κ1) is 13.5. The van der Waals surface area contributed by atoms with Crippen LogP contribution in [0.1, 0.15) is 12.0 Å². The third-order valence-corrected chi connectivity index (χ3v) is 3.18. The highest BCUT2D eigenvalue weighted by molar-refractivity contribution is 5.89. The molecular formula is C13H13F2NO3. The van der Waals surface area contributed by atoms with E-state index in [9.17, 15) is 18.4 Å². The molecular weight excluding hydrogens is 256 g/mol. The summed E-state index contributed by atoms with van der Waals surface area (Å²) < 4.78 is 26.6. The van der Waals surface area contributed by atoms with Crippen LogP contribution in [-0.2, 0) is 16.0 Å². The van der Waals surface area contributed by atoms with Crippen molar-refractivity contribution < 1.29 is 23.5 Å². The molecule has 2 N–H and O–H groups in total. The monoisotopic (exact) mass is 269 g/mol. The molecule has 0 aromatic heterocycles. The van der Waals surface area contributed by atoms with Crippen LogP contribution in [0.2, 0.25) is 0 Å². The van der Waals surface area contributed by atoms with Crippen LogP contribution in [0.5, 0.6) is 0 Å². The number of hydrogen-bond acceptors (Lipinski definition) is 2. The molecule has 1 aromatic rings. The second-order valence-corrected chi connectivity index (χ2v) is 4.53. The first-order chi connectivity index (χ1) is 9.00. The summed E-state index contributed by atoms with van der Waals surface area (Å²) in [6, 6.07) is 3.58. The van der Waals surface area contributed by atoms with E-state index < -0.39 is 29.4 Å². The van der Waals surface area contributed by atoms with Gasteiger partial charge in [-0.3, -0.25) is 9.59 Å². The summed E-state index contributed by atoms with van der Waals surface area (Å²) in [7, 11) is 0. The Balaban J connectivity index is 1.81. The van der Waals surface area contributed by atoms with Crippen LogP contribution in [0.25, 0.3) is 0 Å². The smallest absolute Gasteiger partial charge is 0.307 e. The first-order valence-corrected chi connectivity index (χ1v) is 5.94. The lowest BCUT2D eigenvalue weighted by atomic mass is 10.1. The molecule has 102 valence electrons. The van der Waals surface area contributed by atoms with Crippen molar-refractivity contribution in [2.45, 2.75) is 12.8 Å². The van der Waals surface area contributed by atoms with E-state index in [0.29, 0.717) is 6.42 Å². The third kappa shape index (κ3) is 3.07. The van der Waals surface area contributed by atoms with E-state index in [4.69, 9.17) is 5.11 Å². The van der Waals surface area contributed by atoms with Crippen LogP contribution >= 0.6 is 0 Å². The zero-order valence-electron chi connectivity index (χ0n) is 10.0. The van der Waals surface area contributed by atoms with Gasteiger partial charge in [-0.25, -0.2) is 8.78 Å². The van der Waals surface area contributed by atoms with Crippen molar-refractivity contribution in [1.82, 2.24) is 5.32 Å². The van der Waals surface area contributed by atoms with Gasteiger partial charge < -0.3 is 10.4 Å². The summed E-state index contributed by atoms with van der Waals surface area (Å²) in [4.78, 5) is 22.1. The topological polar surface area (TPSA) is 66.4 Å². The van der Waals surface area contributed by atoms with E-state index in [-0.39, 0.29) is 24.4 Å². The minimum absolute atomic E-state index is 0.0364. The molecule has 4 nitrogen and oxygen atoms in total. The first-order valence-electron chi connectivity index (χ1n) is 5.94. The largest absolute Gasteiger partial charge is 0.481 e. The summed E-state index contributed by atoms with van der Waals surface area (Å²) in [5.41, 5.74) is -0.0756. The van der Waals surface area contributed by atoms with E-state index in [0.717, 1.165) is 12.1 Å². The Bertz CT molecular complexity index is 498. The normalized spacial score (nSPS) is 20.9. The number of nitrogens with one attached hydrogen (secondary N) is 1. The summed E-state index contributed by atoms with van der Waals surface area (Å²) in [6.07, 6.45) is 0.365. The Morgan fingerprint density at radius 1 is 1.26 bits per heavy atom. The molecule has 0 heterocycles. The summed E-state index contributed by atoms with van der Waals surface area (Å²) in [5, 5.41) is 11.2. The van der Waals surface area contributed by atoms with E-state index in [1.54, 1.807) is 0 Å². The zero-order chi connectivity index (χ0) is 14.0. The maximum Gasteiger partial charge on any atom is 0.307 e. The van der Waals surface area contributed by atoms with Gasteiger partial charge in [0.25, 0.3) is 0 Å². The number of carbonyl (C=O) groups excluding carboxylic acids is 1. The minimum Gasteiger partial charge on any atom is -0.481 e. The molecule has 6 heteroatoms. The van der Waals surface area contributed by atoms with Crippen LogP contribution in [-0.4, -0.2) is 23.5 Å². The second kappa shape index (κ2) is 5.34. The molecule has 0 unspecified atom stereocenters. The van der Waals surface area contributed by atoms with Crippen molar-refractivity contribution in [2.24, 2.45) is 11.8 Å². The second-order valence-electron chi connectivity index (χ2n) is 4.53. The molecule has 2 rings (SSSR count). The van der Waals surface area contributed by atoms with Crippen molar-refractivity contribution in [1.29, 1.82) is 0 Å². The Kier molecular flexibility index (Phi) is 3.78. The lowest BCUT2D eigenvalue weighted by molar-refractivity contribution is -0.140. The fourth-order valence-corrected chi connectivity index (χ4v) is 1.97. The van der Waals surface area contributed by atoms with E-state index >= 15 is 0 Å². The maximum atomic E-state index is 13.3. The molecule has 1 saturated carbocycles. The standard InChI is InChI=1S/C13H13F2NO3/c14-10-2-1-3-11(15)7(10)4-5-16-12(17)8-6-9(8)13(18)19/h1-3,8-9H,4-6H2,(H,16,17)(H,18,19)/t8-,9-/m0/s1. The van der Waals surface area contributed by atoms with E-state index in [1.807, 2.05) is 0 Å². The number of carboxylic acids is 1. The molecule has 0 aliphatic heterocycles. The van der Waals surface area contributed by atoms with Gasteiger partial charge in [0.05, 0.1) is 11.8 Å². The fraction of sp³-hybridized carbons (Fsp3) is 0.385. The SMILES string of the molecule is O=C(O)[C@H]1C[C@@H]1C(=O)NCCc1c(F)cccc1F. The van der Waals surface area contributed by atoms with Gasteiger partial charge in [0.2, 0.25) is 5.91 Å². The Labute approximate surface area is 108 Å². The molecule has 0 spiro atoms. The number of carboxylic acid groups (broad SMARTS) is 1. The highest BCUT2D eigenvalue weighted by atomic mass is 19.1. The molecule has 0 bridgehead atoms. The van der Waals surface area contributed by atoms with Crippen LogP contribution < -0.4 is 5.32 Å². The predicted molar refractivity (Wildman–Crippen MR) is 62.3 cm³/mol. The Morgan fingerprint density at radius 3 is 2.42 bits per heavy atom. The van der Waals surface area contributed by atoms with Crippen molar-refractivity contribution in [2.75, 3.05) is 6.54 Å². The quantitative estimate of drug-likeness (QED) is 0.847. The van der Waals surface area contributed by atoms with Crippen molar-refractivity contribution in [3.8, 4) is 0 Å². The van der Waals surface area contributed by atoms with E-state index in [2.05, 4.69) is 5.32 Å². The van der Waals surface area contributed by atoms with Crippen LogP contribution in [0.4, 0.5) is 8.78 Å². The number of halogens is 2. The maximum absolute atomic E-state index is 13.3. The highest BCUT2D eigenvalue weighted by Crippen LogP contribution is 2.38. The zero-order valence-corrected chi connectivity index (χ0v) is 10.0. The predicted octanol–water partition coefficient (Wildman–Crippen LogP) is 1.34. The minimum atomic E-state index is -0.986. The van der Waals surface area contributed by atoms with Crippen molar-refractivity contribution in [3.63, 3.8) is 0 Å². The molecule has 2 atom stereocenters. The number of hydrogen-bond donors (Lipinski definition) is 2. The van der Waals surface area contributed by atoms with Crippen LogP contribution in [0.3, 0.4) is 0 Å². The van der Waals surface area contributed by atoms with Gasteiger partial charge in [0, 0.05) is 12.1 Å². The summed E-state index contributed by atoms with van der Waals surface area (Å²) in [6.45, 7) is 0.0829. The molecule has 1 aromatic carbocycles. The molecule has 19 heavy (non-hydrogen) atoms. The molecule has 1 aliphatic carbocycles. The van der Waals surface area contributed by atoms with Gasteiger partial charge in [-0.1, -0.05) is 6.07 Å². The average Bonchev–Trinajstić information content (AvgIpc) is 3.13. The van der Waals surface area contributed by atoms with Crippen LogP contribution in [0, 0.1) is 23.5 Å². The van der Waals surface area contributed by atoms with Gasteiger partial charge >= 0.3 is 5.97 Å². The molecule has 1 amide bonds. The fourth-order valence-electron chi connectivity index (χ4n) is 1.97. The molecule has 1 aliphatic rings. The van der Waals surface area contributed by atoms with E-state index in [1.165, 1.54) is 6.07 Å².